The molecule has 0 unspecified atom stereocenters. The number of hydrogen-bond acceptors (Lipinski definition) is 3. The number of rotatable bonds is 2. The van der Waals surface area contributed by atoms with Crippen molar-refractivity contribution in [2.75, 3.05) is 5.32 Å². The summed E-state index contributed by atoms with van der Waals surface area (Å²) in [6, 6.07) is 18.0. The molecule has 0 radical (unpaired) electrons. The Morgan fingerprint density at radius 1 is 0.889 bits per heavy atom. The number of benzene rings is 2. The molecule has 0 aliphatic rings. The monoisotopic (exact) mass is 237 g/mol. The second-order valence-corrected chi connectivity index (χ2v) is 4.05. The first kappa shape index (κ1) is 10.7. The summed E-state index contributed by atoms with van der Waals surface area (Å²) in [6.07, 6.45) is 0. The summed E-state index contributed by atoms with van der Waals surface area (Å²) in [7, 11) is 1.82. The van der Waals surface area contributed by atoms with Crippen LogP contribution in [0.4, 0.5) is 11.5 Å². The smallest absolute Gasteiger partial charge is 0.210 e. The minimum Gasteiger partial charge on any atom is -0.335 e. The van der Waals surface area contributed by atoms with Gasteiger partial charge in [-0.05, 0) is 24.3 Å². The van der Waals surface area contributed by atoms with Crippen LogP contribution in [-0.4, -0.2) is 10.2 Å². The van der Waals surface area contributed by atoms with Crippen LogP contribution in [0.5, 0.6) is 0 Å². The molecule has 0 aliphatic carbocycles. The predicted molar refractivity (Wildman–Crippen MR) is 70.4 cm³/mol. The molecule has 0 fully saturated rings. The summed E-state index contributed by atoms with van der Waals surface area (Å²) in [5.41, 5.74) is 1.94. The van der Waals surface area contributed by atoms with Gasteiger partial charge in [-0.2, -0.15) is 0 Å². The highest BCUT2D eigenvalue weighted by molar-refractivity contribution is 5.89. The van der Waals surface area contributed by atoms with Crippen molar-refractivity contribution in [1.29, 1.82) is 0 Å². The van der Waals surface area contributed by atoms with Gasteiger partial charge in [0, 0.05) is 20.7 Å². The molecule has 0 amide bonds. The van der Waals surface area contributed by atoms with Gasteiger partial charge in [0.05, 0.1) is 5.39 Å². The molecule has 0 atom stereocenters. The Kier molecular flexibility index (Phi) is 2.61. The molecule has 4 heteroatoms. The van der Waals surface area contributed by atoms with Gasteiger partial charge in [-0.15, -0.1) is 0 Å². The Bertz CT molecular complexity index is 680. The zero-order chi connectivity index (χ0) is 12.4. The van der Waals surface area contributed by atoms with Crippen LogP contribution in [0.2, 0.25) is 0 Å². The van der Waals surface area contributed by atoms with Crippen molar-refractivity contribution in [3.8, 4) is 0 Å². The van der Waals surface area contributed by atoms with E-state index in [2.05, 4.69) is 15.5 Å². The van der Waals surface area contributed by atoms with Crippen molar-refractivity contribution < 1.29 is 4.80 Å². The Morgan fingerprint density at radius 2 is 1.61 bits per heavy atom. The zero-order valence-corrected chi connectivity index (χ0v) is 10.0. The standard InChI is InChI=1S/C14H13N4/c1-18-16-13-10-6-5-9-12(13)14(17-18)15-11-7-3-2-4-8-11/h2-10H,1H3,(H,15,16,17)/q+1. The summed E-state index contributed by atoms with van der Waals surface area (Å²) < 4.78 is 0. The van der Waals surface area contributed by atoms with Gasteiger partial charge in [-0.1, -0.05) is 30.3 Å². The van der Waals surface area contributed by atoms with Crippen LogP contribution < -0.4 is 10.1 Å². The third-order valence-electron chi connectivity index (χ3n) is 2.69. The number of fused-ring (bicyclic) bond motifs is 1. The summed E-state index contributed by atoms with van der Waals surface area (Å²) >= 11 is 0. The van der Waals surface area contributed by atoms with Gasteiger partial charge >= 0.3 is 0 Å². The van der Waals surface area contributed by atoms with E-state index in [4.69, 9.17) is 0 Å². The van der Waals surface area contributed by atoms with Crippen LogP contribution in [0.3, 0.4) is 0 Å². The maximum atomic E-state index is 4.39. The molecule has 1 aromatic heterocycles. The van der Waals surface area contributed by atoms with Crippen molar-refractivity contribution in [2.24, 2.45) is 7.05 Å². The lowest BCUT2D eigenvalue weighted by Crippen LogP contribution is -2.37. The van der Waals surface area contributed by atoms with E-state index in [1.54, 1.807) is 4.80 Å². The number of hydrogen-bond donors (Lipinski definition) is 1. The van der Waals surface area contributed by atoms with E-state index >= 15 is 0 Å². The van der Waals surface area contributed by atoms with E-state index in [0.717, 1.165) is 22.4 Å². The van der Waals surface area contributed by atoms with Gasteiger partial charge in [0.1, 0.15) is 5.52 Å². The van der Waals surface area contributed by atoms with Gasteiger partial charge in [-0.25, -0.2) is 0 Å². The maximum Gasteiger partial charge on any atom is 0.210 e. The van der Waals surface area contributed by atoms with E-state index in [-0.39, 0.29) is 0 Å². The Morgan fingerprint density at radius 3 is 2.44 bits per heavy atom. The third-order valence-corrected chi connectivity index (χ3v) is 2.69. The number of para-hydroxylation sites is 1. The molecule has 0 saturated carbocycles. The number of aryl methyl sites for hydroxylation is 1. The highest BCUT2D eigenvalue weighted by atomic mass is 15.4. The van der Waals surface area contributed by atoms with Crippen LogP contribution in [-0.2, 0) is 7.05 Å². The van der Waals surface area contributed by atoms with Gasteiger partial charge in [0.25, 0.3) is 0 Å². The minimum atomic E-state index is 0.814. The zero-order valence-electron chi connectivity index (χ0n) is 10.0. The fourth-order valence-corrected chi connectivity index (χ4v) is 1.89. The van der Waals surface area contributed by atoms with E-state index in [1.165, 1.54) is 0 Å². The van der Waals surface area contributed by atoms with Gasteiger partial charge in [-0.3, -0.25) is 0 Å². The lowest BCUT2D eigenvalue weighted by Gasteiger charge is -2.05. The topological polar surface area (TPSA) is 41.7 Å². The van der Waals surface area contributed by atoms with Crippen molar-refractivity contribution in [3.05, 3.63) is 54.6 Å². The molecule has 1 N–H and O–H groups in total. The Labute approximate surface area is 105 Å². The highest BCUT2D eigenvalue weighted by Gasteiger charge is 2.10. The van der Waals surface area contributed by atoms with Crippen molar-refractivity contribution in [3.63, 3.8) is 0 Å². The quantitative estimate of drug-likeness (QED) is 0.695. The second kappa shape index (κ2) is 4.41. The molecule has 0 bridgehead atoms. The summed E-state index contributed by atoms with van der Waals surface area (Å²) in [5, 5.41) is 13.1. The van der Waals surface area contributed by atoms with Crippen molar-refractivity contribution in [1.82, 2.24) is 10.2 Å². The Hall–Kier alpha value is -2.49. The number of nitrogens with zero attached hydrogens (tertiary/aromatic N) is 3. The summed E-state index contributed by atoms with van der Waals surface area (Å²) in [5.74, 6) is 0.814. The van der Waals surface area contributed by atoms with Crippen molar-refractivity contribution >= 4 is 22.4 Å². The highest BCUT2D eigenvalue weighted by Crippen LogP contribution is 2.20. The van der Waals surface area contributed by atoms with E-state index in [9.17, 15) is 0 Å². The molecule has 0 spiro atoms. The molecule has 3 aromatic rings. The van der Waals surface area contributed by atoms with Gasteiger partial charge < -0.3 is 5.32 Å². The average Bonchev–Trinajstić information content (AvgIpc) is 2.40. The molecule has 3 rings (SSSR count). The maximum absolute atomic E-state index is 4.39. The second-order valence-electron chi connectivity index (χ2n) is 4.05. The number of aromatic nitrogens is 3. The van der Waals surface area contributed by atoms with Crippen LogP contribution in [0.1, 0.15) is 0 Å². The lowest BCUT2D eigenvalue weighted by atomic mass is 10.2. The molecular formula is C14H13N4+. The van der Waals surface area contributed by atoms with Crippen LogP contribution in [0.15, 0.2) is 54.6 Å². The number of anilines is 2. The SMILES string of the molecule is C[n+]1nc(Nc2ccccc2)c2ccccc2n1. The largest absolute Gasteiger partial charge is 0.335 e. The molecule has 0 aliphatic heterocycles. The van der Waals surface area contributed by atoms with E-state index in [1.807, 2.05) is 61.6 Å². The molecule has 4 nitrogen and oxygen atoms in total. The summed E-state index contributed by atoms with van der Waals surface area (Å²) in [4.78, 5) is 1.58. The molecule has 88 valence electrons. The predicted octanol–water partition coefficient (Wildman–Crippen LogP) is 2.20. The van der Waals surface area contributed by atoms with Gasteiger partial charge in [0.2, 0.25) is 5.82 Å². The average molecular weight is 237 g/mol. The summed E-state index contributed by atoms with van der Waals surface area (Å²) in [6.45, 7) is 0. The Balaban J connectivity index is 2.11. The van der Waals surface area contributed by atoms with Crippen LogP contribution in [0, 0.1) is 0 Å². The third kappa shape index (κ3) is 2.00. The molecule has 0 saturated heterocycles. The van der Waals surface area contributed by atoms with Gasteiger partial charge in [0.15, 0.2) is 7.05 Å². The van der Waals surface area contributed by atoms with Crippen LogP contribution in [0.25, 0.3) is 10.9 Å². The van der Waals surface area contributed by atoms with Crippen LogP contribution >= 0.6 is 0 Å². The molecular weight excluding hydrogens is 224 g/mol. The molecule has 1 heterocycles. The van der Waals surface area contributed by atoms with E-state index in [0.29, 0.717) is 0 Å². The minimum absolute atomic E-state index is 0.814. The first-order chi connectivity index (χ1) is 8.83. The number of nitrogens with one attached hydrogen (secondary N) is 1. The normalized spacial score (nSPS) is 10.5. The lowest BCUT2D eigenvalue weighted by molar-refractivity contribution is -0.783. The fourth-order valence-electron chi connectivity index (χ4n) is 1.89. The molecule has 2 aromatic carbocycles. The first-order valence-corrected chi connectivity index (χ1v) is 5.78. The molecule has 18 heavy (non-hydrogen) atoms. The van der Waals surface area contributed by atoms with Crippen molar-refractivity contribution in [2.45, 2.75) is 0 Å². The fraction of sp³-hybridized carbons (Fsp3) is 0.0714. The first-order valence-electron chi connectivity index (χ1n) is 5.78. The van der Waals surface area contributed by atoms with E-state index < -0.39 is 0 Å².